The molecule has 0 aliphatic carbocycles. The van der Waals surface area contributed by atoms with Crippen LogP contribution in [-0.4, -0.2) is 70.1 Å². The van der Waals surface area contributed by atoms with Crippen LogP contribution < -0.4 is 20.5 Å². The Hall–Kier alpha value is -3.43. The van der Waals surface area contributed by atoms with Crippen molar-refractivity contribution in [3.05, 3.63) is 46.5 Å². The zero-order chi connectivity index (χ0) is 28.1. The molecule has 2 saturated heterocycles. The summed E-state index contributed by atoms with van der Waals surface area (Å²) >= 11 is 0. The van der Waals surface area contributed by atoms with Gasteiger partial charge in [-0.2, -0.15) is 13.8 Å². The molecule has 1 aromatic carbocycles. The number of nitrogens with one attached hydrogen (secondary N) is 1. The maximum absolute atomic E-state index is 15.2. The lowest BCUT2D eigenvalue weighted by Gasteiger charge is -2.32. The molecule has 0 radical (unpaired) electrons. The Morgan fingerprint density at radius 1 is 1.26 bits per heavy atom. The molecule has 17 heteroatoms. The van der Waals surface area contributed by atoms with Crippen molar-refractivity contribution < 1.29 is 55.8 Å². The number of rotatable bonds is 6. The van der Waals surface area contributed by atoms with E-state index in [2.05, 4.69) is 10.3 Å². The number of ether oxygens (including phenoxy) is 3. The normalized spacial score (nSPS) is 29.1. The van der Waals surface area contributed by atoms with Gasteiger partial charge in [0.2, 0.25) is 12.3 Å². The SMILES string of the molecule is CC(C)OP1(=O)OC[C@H]2OC(n3ccc(NC(=O)c4ccc5c(c4)OC(C(=O)O)CO5)nc3=O)C(F)(F)[C@@H]2O1. The first-order valence-electron chi connectivity index (χ1n) is 11.6. The summed E-state index contributed by atoms with van der Waals surface area (Å²) < 4.78 is 74.5. The number of aliphatic carboxylic acids is 1. The van der Waals surface area contributed by atoms with E-state index >= 15 is 8.78 Å². The number of hydrogen-bond acceptors (Lipinski definition) is 11. The molecule has 2 N–H and O–H groups in total. The number of benzene rings is 1. The maximum Gasteiger partial charge on any atom is 0.475 e. The number of anilines is 1. The minimum atomic E-state index is -4.27. The topological polar surface area (TPSA) is 174 Å². The van der Waals surface area contributed by atoms with Crippen LogP contribution >= 0.6 is 7.82 Å². The summed E-state index contributed by atoms with van der Waals surface area (Å²) in [5.41, 5.74) is -1.15. The van der Waals surface area contributed by atoms with Gasteiger partial charge in [-0.25, -0.2) is 14.2 Å². The first-order valence-corrected chi connectivity index (χ1v) is 13.0. The molecular formula is C22H22F2N3O11P. The van der Waals surface area contributed by atoms with E-state index < -0.39 is 68.6 Å². The average Bonchev–Trinajstić information content (AvgIpc) is 3.12. The van der Waals surface area contributed by atoms with Gasteiger partial charge < -0.3 is 24.6 Å². The molecule has 14 nitrogen and oxygen atoms in total. The Labute approximate surface area is 218 Å². The third-order valence-corrected chi connectivity index (χ3v) is 7.42. The Balaban J connectivity index is 1.31. The quantitative estimate of drug-likeness (QED) is 0.483. The minimum absolute atomic E-state index is 0.0225. The molecule has 3 aliphatic rings. The predicted molar refractivity (Wildman–Crippen MR) is 124 cm³/mol. The van der Waals surface area contributed by atoms with Crippen LogP contribution in [-0.2, 0) is 27.7 Å². The molecule has 1 aromatic heterocycles. The Bertz CT molecular complexity index is 1420. The van der Waals surface area contributed by atoms with E-state index in [-0.39, 0.29) is 29.5 Å². The Morgan fingerprint density at radius 2 is 2.03 bits per heavy atom. The summed E-state index contributed by atoms with van der Waals surface area (Å²) in [5, 5.41) is 11.5. The van der Waals surface area contributed by atoms with Crippen LogP contribution in [0.15, 0.2) is 35.3 Å². The third-order valence-electron chi connectivity index (χ3n) is 5.79. The second-order valence-corrected chi connectivity index (χ2v) is 10.6. The van der Waals surface area contributed by atoms with Crippen LogP contribution in [0.3, 0.4) is 0 Å². The fourth-order valence-corrected chi connectivity index (χ4v) is 5.64. The van der Waals surface area contributed by atoms with Crippen molar-refractivity contribution in [3.8, 4) is 11.5 Å². The number of alkyl halides is 2. The average molecular weight is 573 g/mol. The molecule has 1 amide bonds. The molecule has 2 aromatic rings. The van der Waals surface area contributed by atoms with Crippen LogP contribution in [0.25, 0.3) is 0 Å². The molecule has 0 spiro atoms. The number of phosphoric acid groups is 1. The molecule has 0 saturated carbocycles. The zero-order valence-corrected chi connectivity index (χ0v) is 21.2. The van der Waals surface area contributed by atoms with Gasteiger partial charge in [0.15, 0.2) is 17.6 Å². The van der Waals surface area contributed by atoms with E-state index in [0.29, 0.717) is 4.57 Å². The third kappa shape index (κ3) is 5.25. The molecule has 39 heavy (non-hydrogen) atoms. The van der Waals surface area contributed by atoms with Crippen molar-refractivity contribution in [1.29, 1.82) is 0 Å². The van der Waals surface area contributed by atoms with Crippen LogP contribution in [0.2, 0.25) is 0 Å². The molecule has 4 heterocycles. The summed E-state index contributed by atoms with van der Waals surface area (Å²) in [7, 11) is -4.27. The molecular weight excluding hydrogens is 551 g/mol. The lowest BCUT2D eigenvalue weighted by molar-refractivity contribution is -0.147. The predicted octanol–water partition coefficient (Wildman–Crippen LogP) is 2.20. The smallest absolute Gasteiger partial charge is 0.475 e. The lowest BCUT2D eigenvalue weighted by atomic mass is 10.1. The molecule has 3 unspecified atom stereocenters. The largest absolute Gasteiger partial charge is 0.485 e. The number of hydrogen-bond donors (Lipinski definition) is 2. The van der Waals surface area contributed by atoms with Crippen molar-refractivity contribution in [3.63, 3.8) is 0 Å². The van der Waals surface area contributed by atoms with Crippen molar-refractivity contribution in [2.45, 2.75) is 50.4 Å². The van der Waals surface area contributed by atoms with E-state index in [1.165, 1.54) is 32.0 Å². The van der Waals surface area contributed by atoms with E-state index in [0.717, 1.165) is 12.3 Å². The number of carboxylic acid groups (broad SMARTS) is 1. The monoisotopic (exact) mass is 573 g/mol. The van der Waals surface area contributed by atoms with Gasteiger partial charge in [0.05, 0.1) is 12.7 Å². The van der Waals surface area contributed by atoms with Gasteiger partial charge in [-0.05, 0) is 38.1 Å². The van der Waals surface area contributed by atoms with Gasteiger partial charge in [0.1, 0.15) is 18.5 Å². The lowest BCUT2D eigenvalue weighted by Crippen LogP contribution is -2.45. The first kappa shape index (κ1) is 27.1. The summed E-state index contributed by atoms with van der Waals surface area (Å²) in [6.45, 7) is 2.33. The molecule has 5 atom stereocenters. The van der Waals surface area contributed by atoms with Crippen LogP contribution in [0, 0.1) is 0 Å². The van der Waals surface area contributed by atoms with Crippen LogP contribution in [0.4, 0.5) is 14.6 Å². The second kappa shape index (κ2) is 9.95. The van der Waals surface area contributed by atoms with Gasteiger partial charge in [-0.15, -0.1) is 0 Å². The number of carbonyl (C=O) groups excluding carboxylic acids is 1. The van der Waals surface area contributed by atoms with Crippen molar-refractivity contribution >= 4 is 25.5 Å². The van der Waals surface area contributed by atoms with Crippen molar-refractivity contribution in [2.24, 2.45) is 0 Å². The second-order valence-electron chi connectivity index (χ2n) is 9.00. The van der Waals surface area contributed by atoms with Crippen LogP contribution in [0.1, 0.15) is 30.4 Å². The van der Waals surface area contributed by atoms with Gasteiger partial charge >= 0.3 is 25.4 Å². The van der Waals surface area contributed by atoms with E-state index in [1.807, 2.05) is 0 Å². The highest BCUT2D eigenvalue weighted by atomic mass is 31.2. The summed E-state index contributed by atoms with van der Waals surface area (Å²) in [5.74, 6) is -5.80. The van der Waals surface area contributed by atoms with Crippen molar-refractivity contribution in [2.75, 3.05) is 18.5 Å². The van der Waals surface area contributed by atoms with E-state index in [4.69, 9.17) is 32.9 Å². The van der Waals surface area contributed by atoms with Gasteiger partial charge in [0.25, 0.3) is 5.91 Å². The number of amides is 1. The number of aromatic nitrogens is 2. The summed E-state index contributed by atoms with van der Waals surface area (Å²) in [6, 6.07) is 5.13. The number of halogens is 2. The van der Waals surface area contributed by atoms with Gasteiger partial charge in [-0.1, -0.05) is 0 Å². The number of carbonyl (C=O) groups is 2. The Kier molecular flexibility index (Phi) is 6.93. The fraction of sp³-hybridized carbons (Fsp3) is 0.455. The van der Waals surface area contributed by atoms with Gasteiger partial charge in [-0.3, -0.25) is 22.9 Å². The standard InChI is InChI=1S/C22H22F2N3O11P/c1-10(2)37-39(32)34-9-14-17(38-39)22(23,24)20(36-14)27-6-5-16(26-21(27)31)25-18(28)11-3-4-12-13(7-11)35-15(8-33-12)19(29)30/h3-7,10,14-15,17,20H,8-9H2,1-2H3,(H,29,30)(H,25,26,28,31)/t14-,15?,17-,20?,39?/m1/s1. The van der Waals surface area contributed by atoms with Gasteiger partial charge in [0, 0.05) is 11.8 Å². The molecule has 5 rings (SSSR count). The summed E-state index contributed by atoms with van der Waals surface area (Å²) in [4.78, 5) is 40.1. The maximum atomic E-state index is 15.2. The number of carboxylic acids is 1. The van der Waals surface area contributed by atoms with Crippen molar-refractivity contribution in [1.82, 2.24) is 9.55 Å². The molecule has 2 fully saturated rings. The zero-order valence-electron chi connectivity index (χ0n) is 20.3. The Morgan fingerprint density at radius 3 is 2.72 bits per heavy atom. The molecule has 210 valence electrons. The van der Waals surface area contributed by atoms with Crippen LogP contribution in [0.5, 0.6) is 11.5 Å². The molecule has 0 bridgehead atoms. The highest BCUT2D eigenvalue weighted by Crippen LogP contribution is 2.60. The summed E-state index contributed by atoms with van der Waals surface area (Å²) in [6.07, 6.45) is -6.44. The first-order chi connectivity index (χ1) is 18.4. The highest BCUT2D eigenvalue weighted by molar-refractivity contribution is 7.48. The minimum Gasteiger partial charge on any atom is -0.485 e. The molecule has 3 aliphatic heterocycles. The van der Waals surface area contributed by atoms with E-state index in [1.54, 1.807) is 0 Å². The number of nitrogens with zero attached hydrogens (tertiary/aromatic N) is 2. The van der Waals surface area contributed by atoms with E-state index in [9.17, 15) is 18.9 Å². The number of phosphoric ester groups is 1. The fourth-order valence-electron chi connectivity index (χ4n) is 4.06. The number of fused-ring (bicyclic) bond motifs is 2. The highest BCUT2D eigenvalue weighted by Gasteiger charge is 2.65.